The summed E-state index contributed by atoms with van der Waals surface area (Å²) in [5.74, 6) is 0.730. The predicted molar refractivity (Wildman–Crippen MR) is 91.7 cm³/mol. The van der Waals surface area contributed by atoms with Gasteiger partial charge in [-0.05, 0) is 30.5 Å². The molecule has 0 aliphatic carbocycles. The maximum Gasteiger partial charge on any atom is 0.253 e. The molecule has 1 N–H and O–H groups in total. The number of benzene rings is 1. The lowest BCUT2D eigenvalue weighted by atomic mass is 9.94. The fraction of sp³-hybridized carbons (Fsp3) is 0.444. The number of aromatic nitrogens is 1. The molecule has 0 aliphatic rings. The fourth-order valence-electron chi connectivity index (χ4n) is 2.48. The minimum Gasteiger partial charge on any atom is -0.497 e. The zero-order chi connectivity index (χ0) is 17.2. The van der Waals surface area contributed by atoms with Gasteiger partial charge in [0.2, 0.25) is 5.91 Å². The summed E-state index contributed by atoms with van der Waals surface area (Å²) in [5, 5.41) is 0.916. The molecule has 5 heteroatoms. The van der Waals surface area contributed by atoms with E-state index in [2.05, 4.69) is 4.98 Å². The number of pyridine rings is 1. The number of carbonyl (C=O) groups excluding carboxylic acids is 1. The molecule has 0 saturated heterocycles. The second-order valence-electron chi connectivity index (χ2n) is 6.65. The second-order valence-corrected chi connectivity index (χ2v) is 6.65. The number of hydrogen-bond donors (Lipinski definition) is 1. The number of nitrogens with zero attached hydrogens (tertiary/aromatic N) is 1. The van der Waals surface area contributed by atoms with Gasteiger partial charge in [-0.2, -0.15) is 0 Å². The van der Waals surface area contributed by atoms with Crippen molar-refractivity contribution in [3.63, 3.8) is 0 Å². The van der Waals surface area contributed by atoms with Crippen molar-refractivity contribution in [2.75, 3.05) is 13.7 Å². The molecule has 1 aromatic carbocycles. The number of aromatic amines is 1. The van der Waals surface area contributed by atoms with Crippen molar-refractivity contribution in [1.29, 1.82) is 0 Å². The fourth-order valence-corrected chi connectivity index (χ4v) is 2.48. The third kappa shape index (κ3) is 3.73. The Morgan fingerprint density at radius 3 is 2.52 bits per heavy atom. The van der Waals surface area contributed by atoms with E-state index < -0.39 is 5.41 Å². The molecule has 0 saturated carbocycles. The van der Waals surface area contributed by atoms with Gasteiger partial charge in [0.1, 0.15) is 5.75 Å². The van der Waals surface area contributed by atoms with Crippen LogP contribution in [0.15, 0.2) is 29.1 Å². The maximum absolute atomic E-state index is 12.5. The number of ether oxygens (including phenoxy) is 1. The first-order valence-corrected chi connectivity index (χ1v) is 7.75. The molecule has 0 fully saturated rings. The van der Waals surface area contributed by atoms with Crippen molar-refractivity contribution in [3.05, 3.63) is 40.2 Å². The SMILES string of the molecule is CCN(Cc1cc2ccc(OC)cc2[nH]c1=O)C(=O)C(C)(C)C. The monoisotopic (exact) mass is 316 g/mol. The average molecular weight is 316 g/mol. The number of amides is 1. The molecule has 0 unspecified atom stereocenters. The molecule has 1 amide bonds. The van der Waals surface area contributed by atoms with E-state index in [0.717, 1.165) is 10.9 Å². The van der Waals surface area contributed by atoms with Crippen LogP contribution in [-0.2, 0) is 11.3 Å². The van der Waals surface area contributed by atoms with E-state index in [-0.39, 0.29) is 11.5 Å². The molecule has 2 rings (SSSR count). The topological polar surface area (TPSA) is 62.4 Å². The van der Waals surface area contributed by atoms with Gasteiger partial charge in [-0.3, -0.25) is 9.59 Å². The normalized spacial score (nSPS) is 11.5. The van der Waals surface area contributed by atoms with Crippen LogP contribution < -0.4 is 10.3 Å². The molecular formula is C18H24N2O3. The first-order chi connectivity index (χ1) is 10.8. The number of fused-ring (bicyclic) bond motifs is 1. The van der Waals surface area contributed by atoms with Crippen molar-refractivity contribution in [3.8, 4) is 5.75 Å². The van der Waals surface area contributed by atoms with Crippen molar-refractivity contribution in [2.24, 2.45) is 5.41 Å². The van der Waals surface area contributed by atoms with Crippen LogP contribution in [0.1, 0.15) is 33.3 Å². The minimum absolute atomic E-state index is 0.0363. The predicted octanol–water partition coefficient (Wildman–Crippen LogP) is 2.93. The standard InChI is InChI=1S/C18H24N2O3/c1-6-20(17(22)18(2,3)4)11-13-9-12-7-8-14(23-5)10-15(12)19-16(13)21/h7-10H,6,11H2,1-5H3,(H,19,21). The van der Waals surface area contributed by atoms with E-state index in [1.54, 1.807) is 18.1 Å². The Bertz CT molecular complexity index is 772. The van der Waals surface area contributed by atoms with Gasteiger partial charge in [0.25, 0.3) is 5.56 Å². The summed E-state index contributed by atoms with van der Waals surface area (Å²) < 4.78 is 5.17. The van der Waals surface area contributed by atoms with E-state index >= 15 is 0 Å². The summed E-state index contributed by atoms with van der Waals surface area (Å²) in [5.41, 5.74) is 0.670. The lowest BCUT2D eigenvalue weighted by Gasteiger charge is -2.28. The van der Waals surface area contributed by atoms with Crippen LogP contribution in [-0.4, -0.2) is 29.4 Å². The highest BCUT2D eigenvalue weighted by atomic mass is 16.5. The maximum atomic E-state index is 12.5. The van der Waals surface area contributed by atoms with Crippen LogP contribution in [0.25, 0.3) is 10.9 Å². The summed E-state index contributed by atoms with van der Waals surface area (Å²) in [4.78, 5) is 29.4. The van der Waals surface area contributed by atoms with E-state index in [9.17, 15) is 9.59 Å². The van der Waals surface area contributed by atoms with Crippen LogP contribution in [0.5, 0.6) is 5.75 Å². The zero-order valence-corrected chi connectivity index (χ0v) is 14.4. The number of hydrogen-bond acceptors (Lipinski definition) is 3. The van der Waals surface area contributed by atoms with Gasteiger partial charge < -0.3 is 14.6 Å². The van der Waals surface area contributed by atoms with Crippen LogP contribution in [0.4, 0.5) is 0 Å². The van der Waals surface area contributed by atoms with E-state index in [0.29, 0.717) is 24.4 Å². The summed E-state index contributed by atoms with van der Waals surface area (Å²) in [6, 6.07) is 7.38. The first kappa shape index (κ1) is 17.1. The van der Waals surface area contributed by atoms with Crippen LogP contribution >= 0.6 is 0 Å². The van der Waals surface area contributed by atoms with Gasteiger partial charge in [0, 0.05) is 23.6 Å². The van der Waals surface area contributed by atoms with Crippen LogP contribution in [0.2, 0.25) is 0 Å². The highest BCUT2D eigenvalue weighted by Crippen LogP contribution is 2.21. The molecule has 0 radical (unpaired) electrons. The molecule has 1 aromatic heterocycles. The Hall–Kier alpha value is -2.30. The molecule has 0 atom stereocenters. The number of nitrogens with one attached hydrogen (secondary N) is 1. The van der Waals surface area contributed by atoms with Gasteiger partial charge in [-0.25, -0.2) is 0 Å². The quantitative estimate of drug-likeness (QED) is 0.943. The van der Waals surface area contributed by atoms with Crippen molar-refractivity contribution < 1.29 is 9.53 Å². The Morgan fingerprint density at radius 1 is 1.26 bits per heavy atom. The highest BCUT2D eigenvalue weighted by Gasteiger charge is 2.26. The lowest BCUT2D eigenvalue weighted by molar-refractivity contribution is -0.139. The Morgan fingerprint density at radius 2 is 1.96 bits per heavy atom. The Balaban J connectivity index is 2.38. The highest BCUT2D eigenvalue weighted by molar-refractivity contribution is 5.82. The summed E-state index contributed by atoms with van der Waals surface area (Å²) in [6.45, 7) is 8.45. The number of methoxy groups -OCH3 is 1. The van der Waals surface area contributed by atoms with E-state index in [1.807, 2.05) is 45.9 Å². The van der Waals surface area contributed by atoms with Crippen LogP contribution in [0, 0.1) is 5.41 Å². The smallest absolute Gasteiger partial charge is 0.253 e. The molecule has 5 nitrogen and oxygen atoms in total. The van der Waals surface area contributed by atoms with Gasteiger partial charge in [0.05, 0.1) is 19.2 Å². The molecule has 0 spiro atoms. The molecule has 0 aliphatic heterocycles. The molecule has 124 valence electrons. The first-order valence-electron chi connectivity index (χ1n) is 7.75. The molecular weight excluding hydrogens is 292 g/mol. The van der Waals surface area contributed by atoms with Gasteiger partial charge >= 0.3 is 0 Å². The molecule has 1 heterocycles. The number of H-pyrrole nitrogens is 1. The third-order valence-corrected chi connectivity index (χ3v) is 3.80. The van der Waals surface area contributed by atoms with Crippen molar-refractivity contribution >= 4 is 16.8 Å². The average Bonchev–Trinajstić information content (AvgIpc) is 2.50. The van der Waals surface area contributed by atoms with Crippen molar-refractivity contribution in [1.82, 2.24) is 9.88 Å². The minimum atomic E-state index is -0.465. The summed E-state index contributed by atoms with van der Waals surface area (Å²) >= 11 is 0. The summed E-state index contributed by atoms with van der Waals surface area (Å²) in [6.07, 6.45) is 0. The lowest BCUT2D eigenvalue weighted by Crippen LogP contribution is -2.40. The number of rotatable bonds is 4. The summed E-state index contributed by atoms with van der Waals surface area (Å²) in [7, 11) is 1.59. The molecule has 0 bridgehead atoms. The van der Waals surface area contributed by atoms with Gasteiger partial charge in [-0.15, -0.1) is 0 Å². The largest absolute Gasteiger partial charge is 0.497 e. The van der Waals surface area contributed by atoms with E-state index in [1.165, 1.54) is 0 Å². The number of carbonyl (C=O) groups is 1. The molecule has 2 aromatic rings. The Kier molecular flexibility index (Phi) is 4.78. The Labute approximate surface area is 136 Å². The third-order valence-electron chi connectivity index (χ3n) is 3.80. The van der Waals surface area contributed by atoms with Gasteiger partial charge in [0.15, 0.2) is 0 Å². The van der Waals surface area contributed by atoms with Crippen LogP contribution in [0.3, 0.4) is 0 Å². The molecule has 23 heavy (non-hydrogen) atoms. The van der Waals surface area contributed by atoms with Crippen molar-refractivity contribution in [2.45, 2.75) is 34.2 Å². The second kappa shape index (κ2) is 6.44. The van der Waals surface area contributed by atoms with Gasteiger partial charge in [-0.1, -0.05) is 20.8 Å². The zero-order valence-electron chi connectivity index (χ0n) is 14.4. The van der Waals surface area contributed by atoms with E-state index in [4.69, 9.17) is 4.74 Å².